The third kappa shape index (κ3) is 7.30. The average molecular weight is 224 g/mol. The van der Waals surface area contributed by atoms with Crippen molar-refractivity contribution in [3.8, 4) is 5.75 Å². The minimum absolute atomic E-state index is 0.628. The molecule has 0 saturated heterocycles. The molecule has 0 aromatic heterocycles. The molecule has 0 heterocycles. The highest BCUT2D eigenvalue weighted by molar-refractivity contribution is 5.26. The summed E-state index contributed by atoms with van der Waals surface area (Å²) in [6, 6.07) is 8.05. The van der Waals surface area contributed by atoms with Gasteiger partial charge in [0.2, 0.25) is 0 Å². The predicted molar refractivity (Wildman–Crippen MR) is 69.1 cm³/mol. The Morgan fingerprint density at radius 3 is 2.12 bits per heavy atom. The van der Waals surface area contributed by atoms with E-state index in [1.807, 2.05) is 38.1 Å². The fourth-order valence-corrected chi connectivity index (χ4v) is 1.10. The molecule has 0 spiro atoms. The summed E-state index contributed by atoms with van der Waals surface area (Å²) in [4.78, 5) is 0. The molecular formula is C14H24O2. The maximum Gasteiger partial charge on any atom is 0.119 e. The van der Waals surface area contributed by atoms with E-state index < -0.39 is 0 Å². The zero-order valence-corrected chi connectivity index (χ0v) is 11.0. The molecule has 1 aromatic rings. The molecule has 2 heteroatoms. The van der Waals surface area contributed by atoms with Crippen LogP contribution in [-0.4, -0.2) is 19.8 Å². The molecule has 0 fully saturated rings. The molecule has 0 atom stereocenters. The number of rotatable bonds is 6. The lowest BCUT2D eigenvalue weighted by Crippen LogP contribution is -2.06. The van der Waals surface area contributed by atoms with Crippen molar-refractivity contribution in [2.45, 2.75) is 34.1 Å². The molecule has 0 amide bonds. The van der Waals surface area contributed by atoms with Crippen LogP contribution in [0, 0.1) is 6.92 Å². The van der Waals surface area contributed by atoms with Gasteiger partial charge in [0, 0.05) is 6.61 Å². The van der Waals surface area contributed by atoms with Crippen molar-refractivity contribution in [2.75, 3.05) is 19.8 Å². The fourth-order valence-electron chi connectivity index (χ4n) is 1.10. The van der Waals surface area contributed by atoms with Gasteiger partial charge in [-0.2, -0.15) is 0 Å². The van der Waals surface area contributed by atoms with Gasteiger partial charge in [0.15, 0.2) is 0 Å². The number of ether oxygens (including phenoxy) is 2. The van der Waals surface area contributed by atoms with Gasteiger partial charge in [0.05, 0.1) is 6.61 Å². The molecule has 0 unspecified atom stereocenters. The largest absolute Gasteiger partial charge is 0.491 e. The van der Waals surface area contributed by atoms with Crippen LogP contribution in [0.2, 0.25) is 0 Å². The van der Waals surface area contributed by atoms with Crippen molar-refractivity contribution in [1.29, 1.82) is 0 Å². The summed E-state index contributed by atoms with van der Waals surface area (Å²) < 4.78 is 10.8. The van der Waals surface area contributed by atoms with Crippen LogP contribution in [0.4, 0.5) is 0 Å². The van der Waals surface area contributed by atoms with Gasteiger partial charge >= 0.3 is 0 Å². The van der Waals surface area contributed by atoms with Gasteiger partial charge in [-0.25, -0.2) is 0 Å². The topological polar surface area (TPSA) is 18.5 Å². The van der Waals surface area contributed by atoms with Crippen LogP contribution in [0.15, 0.2) is 24.3 Å². The zero-order chi connectivity index (χ0) is 12.2. The summed E-state index contributed by atoms with van der Waals surface area (Å²) in [5, 5.41) is 0. The Bertz CT molecular complexity index is 241. The van der Waals surface area contributed by atoms with Gasteiger partial charge in [-0.05, 0) is 25.5 Å². The lowest BCUT2D eigenvalue weighted by atomic mass is 10.2. The highest BCUT2D eigenvalue weighted by atomic mass is 16.5. The van der Waals surface area contributed by atoms with Crippen LogP contribution >= 0.6 is 0 Å². The van der Waals surface area contributed by atoms with E-state index in [-0.39, 0.29) is 0 Å². The first-order valence-electron chi connectivity index (χ1n) is 6.10. The maximum absolute atomic E-state index is 5.48. The number of hydrogen-bond donors (Lipinski definition) is 0. The molecule has 0 bridgehead atoms. The third-order valence-electron chi connectivity index (χ3n) is 1.87. The molecule has 0 aliphatic rings. The van der Waals surface area contributed by atoms with Crippen molar-refractivity contribution >= 4 is 0 Å². The van der Waals surface area contributed by atoms with E-state index in [1.165, 1.54) is 5.56 Å². The summed E-state index contributed by atoms with van der Waals surface area (Å²) >= 11 is 0. The number of hydrogen-bond acceptors (Lipinski definition) is 2. The number of benzene rings is 1. The van der Waals surface area contributed by atoms with E-state index in [9.17, 15) is 0 Å². The van der Waals surface area contributed by atoms with Gasteiger partial charge in [-0.15, -0.1) is 0 Å². The highest BCUT2D eigenvalue weighted by Crippen LogP contribution is 2.10. The van der Waals surface area contributed by atoms with Gasteiger partial charge in [-0.3, -0.25) is 0 Å². The Balaban J connectivity index is 0.00000106. The minimum atomic E-state index is 0.628. The SMILES string of the molecule is CC.CCCOCCOc1ccc(C)cc1. The average Bonchev–Trinajstić information content (AvgIpc) is 2.34. The molecule has 0 aliphatic carbocycles. The molecule has 1 aromatic carbocycles. The Morgan fingerprint density at radius 1 is 0.938 bits per heavy atom. The van der Waals surface area contributed by atoms with E-state index in [4.69, 9.17) is 9.47 Å². The standard InChI is InChI=1S/C12H18O2.C2H6/c1-3-8-13-9-10-14-12-6-4-11(2)5-7-12;1-2/h4-7H,3,8-10H2,1-2H3;1-2H3. The molecule has 0 N–H and O–H groups in total. The first-order valence-corrected chi connectivity index (χ1v) is 6.10. The first kappa shape index (κ1) is 15.0. The van der Waals surface area contributed by atoms with Crippen LogP contribution in [0.1, 0.15) is 32.8 Å². The van der Waals surface area contributed by atoms with E-state index in [1.54, 1.807) is 0 Å². The van der Waals surface area contributed by atoms with E-state index >= 15 is 0 Å². The van der Waals surface area contributed by atoms with Crippen LogP contribution in [0.3, 0.4) is 0 Å². The molecule has 0 aliphatic heterocycles. The van der Waals surface area contributed by atoms with Crippen LogP contribution in [0.5, 0.6) is 5.75 Å². The summed E-state index contributed by atoms with van der Waals surface area (Å²) in [5.74, 6) is 0.913. The Morgan fingerprint density at radius 2 is 1.56 bits per heavy atom. The van der Waals surface area contributed by atoms with Gasteiger partial charge in [-0.1, -0.05) is 38.5 Å². The molecule has 2 nitrogen and oxygen atoms in total. The third-order valence-corrected chi connectivity index (χ3v) is 1.87. The smallest absolute Gasteiger partial charge is 0.119 e. The highest BCUT2D eigenvalue weighted by Gasteiger charge is 1.92. The molecule has 16 heavy (non-hydrogen) atoms. The van der Waals surface area contributed by atoms with Crippen molar-refractivity contribution in [1.82, 2.24) is 0 Å². The molecular weight excluding hydrogens is 200 g/mol. The van der Waals surface area contributed by atoms with Crippen LogP contribution in [0.25, 0.3) is 0 Å². The maximum atomic E-state index is 5.48. The van der Waals surface area contributed by atoms with E-state index in [2.05, 4.69) is 13.8 Å². The van der Waals surface area contributed by atoms with Crippen molar-refractivity contribution in [3.05, 3.63) is 29.8 Å². The minimum Gasteiger partial charge on any atom is -0.491 e. The summed E-state index contributed by atoms with van der Waals surface area (Å²) in [5.41, 5.74) is 1.25. The fraction of sp³-hybridized carbons (Fsp3) is 0.571. The normalized spacial score (nSPS) is 9.25. The van der Waals surface area contributed by atoms with E-state index in [0.717, 1.165) is 18.8 Å². The second kappa shape index (κ2) is 10.5. The lowest BCUT2D eigenvalue weighted by molar-refractivity contribution is 0.101. The Labute approximate surface area is 99.6 Å². The van der Waals surface area contributed by atoms with Gasteiger partial charge in [0.25, 0.3) is 0 Å². The van der Waals surface area contributed by atoms with Crippen molar-refractivity contribution in [3.63, 3.8) is 0 Å². The van der Waals surface area contributed by atoms with Gasteiger partial charge < -0.3 is 9.47 Å². The van der Waals surface area contributed by atoms with Crippen molar-refractivity contribution in [2.24, 2.45) is 0 Å². The van der Waals surface area contributed by atoms with Crippen LogP contribution in [-0.2, 0) is 4.74 Å². The second-order valence-corrected chi connectivity index (χ2v) is 3.27. The zero-order valence-electron chi connectivity index (χ0n) is 11.0. The molecule has 0 radical (unpaired) electrons. The summed E-state index contributed by atoms with van der Waals surface area (Å²) in [7, 11) is 0. The van der Waals surface area contributed by atoms with E-state index in [0.29, 0.717) is 13.2 Å². The predicted octanol–water partition coefficient (Wildman–Crippen LogP) is 3.83. The molecule has 92 valence electrons. The van der Waals surface area contributed by atoms with Crippen LogP contribution < -0.4 is 4.74 Å². The quantitative estimate of drug-likeness (QED) is 0.684. The summed E-state index contributed by atoms with van der Waals surface area (Å²) in [6.45, 7) is 10.3. The summed E-state index contributed by atoms with van der Waals surface area (Å²) in [6.07, 6.45) is 1.06. The molecule has 1 rings (SSSR count). The van der Waals surface area contributed by atoms with Crippen molar-refractivity contribution < 1.29 is 9.47 Å². The molecule has 0 saturated carbocycles. The first-order chi connectivity index (χ1) is 7.83. The Hall–Kier alpha value is -1.02. The monoisotopic (exact) mass is 224 g/mol. The number of aryl methyl sites for hydroxylation is 1. The van der Waals surface area contributed by atoms with Gasteiger partial charge in [0.1, 0.15) is 12.4 Å². The Kier molecular flexibility index (Phi) is 9.83. The second-order valence-electron chi connectivity index (χ2n) is 3.27. The lowest BCUT2D eigenvalue weighted by Gasteiger charge is -2.06.